The van der Waals surface area contributed by atoms with Gasteiger partial charge in [0.1, 0.15) is 17.2 Å². The molecule has 1 aromatic carbocycles. The summed E-state index contributed by atoms with van der Waals surface area (Å²) >= 11 is 5.94. The second kappa shape index (κ2) is 9.93. The van der Waals surface area contributed by atoms with Gasteiger partial charge >= 0.3 is 0 Å². The summed E-state index contributed by atoms with van der Waals surface area (Å²) in [5, 5.41) is 4.55. The Labute approximate surface area is 211 Å². The van der Waals surface area contributed by atoms with E-state index in [0.717, 1.165) is 35.2 Å². The molecule has 0 spiro atoms. The van der Waals surface area contributed by atoms with Gasteiger partial charge in [0, 0.05) is 71.1 Å². The molecule has 0 atom stereocenters. The van der Waals surface area contributed by atoms with Crippen molar-refractivity contribution in [3.05, 3.63) is 63.9 Å². The normalized spacial score (nSPS) is 18.1. The Balaban J connectivity index is 1.52. The lowest BCUT2D eigenvalue weighted by Gasteiger charge is -2.25. The van der Waals surface area contributed by atoms with Crippen molar-refractivity contribution in [3.8, 4) is 22.4 Å². The van der Waals surface area contributed by atoms with Crippen molar-refractivity contribution in [2.75, 3.05) is 16.8 Å². The van der Waals surface area contributed by atoms with E-state index >= 15 is 0 Å². The SMILES string of the molecule is CCn1c(=O)c(-c2ccc(-c3nccnc3C)cc2Cl)cc2cnc(NC3CC[S+]([O-])CC3)nc21. The molecule has 4 heterocycles. The third-order valence-corrected chi connectivity index (χ3v) is 7.97. The average Bonchev–Trinajstić information content (AvgIpc) is 2.86. The fourth-order valence-corrected chi connectivity index (χ4v) is 5.99. The highest BCUT2D eigenvalue weighted by Gasteiger charge is 2.23. The lowest BCUT2D eigenvalue weighted by molar-refractivity contribution is 0.557. The van der Waals surface area contributed by atoms with Crippen LogP contribution in [0.3, 0.4) is 0 Å². The number of aryl methyl sites for hydroxylation is 2. The predicted octanol–water partition coefficient (Wildman–Crippen LogP) is 4.22. The molecule has 4 aromatic rings. The van der Waals surface area contributed by atoms with E-state index in [1.54, 1.807) is 29.2 Å². The minimum atomic E-state index is -0.730. The molecule has 0 radical (unpaired) electrons. The number of nitrogens with one attached hydrogen (secondary N) is 1. The summed E-state index contributed by atoms with van der Waals surface area (Å²) in [6, 6.07) is 7.54. The number of hydrogen-bond donors (Lipinski definition) is 1. The molecule has 0 bridgehead atoms. The quantitative estimate of drug-likeness (QED) is 0.402. The second-order valence-electron chi connectivity index (χ2n) is 8.53. The van der Waals surface area contributed by atoms with Crippen LogP contribution in [0.2, 0.25) is 5.02 Å². The van der Waals surface area contributed by atoms with E-state index in [-0.39, 0.29) is 11.6 Å². The van der Waals surface area contributed by atoms with Gasteiger partial charge < -0.3 is 9.87 Å². The molecule has 35 heavy (non-hydrogen) atoms. The Kier molecular flexibility index (Phi) is 6.73. The van der Waals surface area contributed by atoms with Crippen molar-refractivity contribution < 1.29 is 4.55 Å². The molecule has 1 fully saturated rings. The summed E-state index contributed by atoms with van der Waals surface area (Å²) in [6.07, 6.45) is 6.65. The minimum Gasteiger partial charge on any atom is -0.616 e. The van der Waals surface area contributed by atoms with Crippen molar-refractivity contribution in [2.45, 2.75) is 39.3 Å². The average molecular weight is 509 g/mol. The van der Waals surface area contributed by atoms with Gasteiger partial charge in [-0.2, -0.15) is 4.98 Å². The molecular formula is C25H25ClN6O2S. The zero-order chi connectivity index (χ0) is 24.5. The zero-order valence-corrected chi connectivity index (χ0v) is 21.1. The van der Waals surface area contributed by atoms with E-state index in [4.69, 9.17) is 11.6 Å². The summed E-state index contributed by atoms with van der Waals surface area (Å²) in [5.74, 6) is 1.85. The molecule has 1 aliphatic heterocycles. The van der Waals surface area contributed by atoms with Crippen LogP contribution in [0.25, 0.3) is 33.4 Å². The fraction of sp³-hybridized carbons (Fsp3) is 0.320. The van der Waals surface area contributed by atoms with Gasteiger partial charge in [0.25, 0.3) is 5.56 Å². The molecule has 0 unspecified atom stereocenters. The van der Waals surface area contributed by atoms with Crippen molar-refractivity contribution in [2.24, 2.45) is 0 Å². The molecule has 1 aliphatic rings. The van der Waals surface area contributed by atoms with E-state index in [1.807, 2.05) is 32.0 Å². The van der Waals surface area contributed by atoms with Crippen molar-refractivity contribution in [1.82, 2.24) is 24.5 Å². The number of halogens is 1. The van der Waals surface area contributed by atoms with E-state index in [2.05, 4.69) is 25.3 Å². The molecule has 3 aromatic heterocycles. The molecule has 5 rings (SSSR count). The first-order chi connectivity index (χ1) is 16.9. The van der Waals surface area contributed by atoms with Gasteiger partial charge in [-0.3, -0.25) is 19.3 Å². The summed E-state index contributed by atoms with van der Waals surface area (Å²) in [6.45, 7) is 4.26. The summed E-state index contributed by atoms with van der Waals surface area (Å²) in [7, 11) is 0. The van der Waals surface area contributed by atoms with Gasteiger partial charge in [-0.25, -0.2) is 4.98 Å². The van der Waals surface area contributed by atoms with Crippen molar-refractivity contribution in [1.29, 1.82) is 0 Å². The van der Waals surface area contributed by atoms with E-state index in [1.165, 1.54) is 0 Å². The van der Waals surface area contributed by atoms with Crippen LogP contribution in [0, 0.1) is 6.92 Å². The number of hydrogen-bond acceptors (Lipinski definition) is 7. The Morgan fingerprint density at radius 2 is 1.91 bits per heavy atom. The van der Waals surface area contributed by atoms with Crippen LogP contribution in [0.4, 0.5) is 5.95 Å². The maximum absolute atomic E-state index is 13.5. The zero-order valence-electron chi connectivity index (χ0n) is 19.5. The molecule has 1 saturated heterocycles. The van der Waals surface area contributed by atoms with E-state index in [9.17, 15) is 9.35 Å². The predicted molar refractivity (Wildman–Crippen MR) is 140 cm³/mol. The maximum atomic E-state index is 13.5. The van der Waals surface area contributed by atoms with Crippen LogP contribution < -0.4 is 10.9 Å². The van der Waals surface area contributed by atoms with E-state index < -0.39 is 11.2 Å². The smallest absolute Gasteiger partial charge is 0.260 e. The highest BCUT2D eigenvalue weighted by atomic mass is 35.5. The molecule has 0 amide bonds. The molecule has 0 saturated carbocycles. The Morgan fingerprint density at radius 1 is 1.14 bits per heavy atom. The summed E-state index contributed by atoms with van der Waals surface area (Å²) in [4.78, 5) is 31.3. The summed E-state index contributed by atoms with van der Waals surface area (Å²) in [5.41, 5.74) is 3.94. The fourth-order valence-electron chi connectivity index (χ4n) is 4.41. The van der Waals surface area contributed by atoms with Gasteiger partial charge in [-0.05, 0) is 26.0 Å². The lowest BCUT2D eigenvalue weighted by atomic mass is 10.0. The first-order valence-electron chi connectivity index (χ1n) is 11.5. The highest BCUT2D eigenvalue weighted by Crippen LogP contribution is 2.32. The number of fused-ring (bicyclic) bond motifs is 1. The molecule has 180 valence electrons. The van der Waals surface area contributed by atoms with Crippen LogP contribution in [0.1, 0.15) is 25.5 Å². The Bertz CT molecular complexity index is 1450. The van der Waals surface area contributed by atoms with Crippen LogP contribution in [0.15, 0.2) is 47.7 Å². The molecule has 0 aliphatic carbocycles. The highest BCUT2D eigenvalue weighted by molar-refractivity contribution is 7.91. The maximum Gasteiger partial charge on any atom is 0.260 e. The first-order valence-corrected chi connectivity index (χ1v) is 13.4. The van der Waals surface area contributed by atoms with Crippen LogP contribution >= 0.6 is 11.6 Å². The summed E-state index contributed by atoms with van der Waals surface area (Å²) < 4.78 is 13.3. The Morgan fingerprint density at radius 3 is 2.63 bits per heavy atom. The van der Waals surface area contributed by atoms with Gasteiger partial charge in [0.2, 0.25) is 5.95 Å². The number of rotatable bonds is 5. The molecular weight excluding hydrogens is 484 g/mol. The van der Waals surface area contributed by atoms with Crippen LogP contribution in [-0.4, -0.2) is 46.6 Å². The molecule has 10 heteroatoms. The van der Waals surface area contributed by atoms with Gasteiger partial charge in [-0.1, -0.05) is 34.9 Å². The van der Waals surface area contributed by atoms with Crippen LogP contribution in [0.5, 0.6) is 0 Å². The largest absolute Gasteiger partial charge is 0.616 e. The van der Waals surface area contributed by atoms with Crippen molar-refractivity contribution >= 4 is 39.8 Å². The number of pyridine rings is 1. The lowest BCUT2D eigenvalue weighted by Crippen LogP contribution is -2.32. The number of nitrogens with zero attached hydrogens (tertiary/aromatic N) is 5. The standard InChI is InChI=1S/C25H25ClN6O2S/c1-3-32-23-17(14-29-25(31-23)30-18-6-10-35(34)11-7-18)12-20(24(32)33)19-5-4-16(13-21(19)26)22-15(2)27-8-9-28-22/h4-5,8-9,12-14,18H,3,6-7,10-11H2,1-2H3,(H,29,30,31). The third kappa shape index (κ3) is 4.76. The van der Waals surface area contributed by atoms with Gasteiger partial charge in [-0.15, -0.1) is 0 Å². The number of aromatic nitrogens is 5. The monoisotopic (exact) mass is 508 g/mol. The number of benzene rings is 1. The molecule has 8 nitrogen and oxygen atoms in total. The minimum absolute atomic E-state index is 0.164. The second-order valence-corrected chi connectivity index (χ2v) is 10.6. The van der Waals surface area contributed by atoms with Crippen LogP contribution in [-0.2, 0) is 17.7 Å². The first kappa shape index (κ1) is 23.7. The Hall–Kier alpha value is -3.01. The number of anilines is 1. The van der Waals surface area contributed by atoms with Gasteiger partial charge in [0.05, 0.1) is 11.4 Å². The van der Waals surface area contributed by atoms with E-state index in [0.29, 0.717) is 45.8 Å². The molecule has 1 N–H and O–H groups in total. The van der Waals surface area contributed by atoms with Crippen molar-refractivity contribution in [3.63, 3.8) is 0 Å². The topological polar surface area (TPSA) is 109 Å². The third-order valence-electron chi connectivity index (χ3n) is 6.28. The van der Waals surface area contributed by atoms with Gasteiger partial charge in [0.15, 0.2) is 0 Å².